The van der Waals surface area contributed by atoms with Crippen LogP contribution in [0, 0.1) is 11.8 Å². The van der Waals surface area contributed by atoms with Gasteiger partial charge in [0.25, 0.3) is 0 Å². The first-order valence-corrected chi connectivity index (χ1v) is 2.81. The second-order valence-electron chi connectivity index (χ2n) is 2.43. The summed E-state index contributed by atoms with van der Waals surface area (Å²) in [6.07, 6.45) is 6.00. The largest absolute Gasteiger partial charge is 2.00 e. The fourth-order valence-electron chi connectivity index (χ4n) is 1.37. The predicted molar refractivity (Wildman–Crippen MR) is 31.0 cm³/mol. The normalized spacial score (nSPS) is 25.5. The summed E-state index contributed by atoms with van der Waals surface area (Å²) in [6, 6.07) is 0. The van der Waals surface area contributed by atoms with Gasteiger partial charge >= 0.3 is 23.1 Å². The molecule has 2 aliphatic carbocycles. The Morgan fingerprint density at radius 2 is 1.50 bits per heavy atom. The fraction of sp³-hybridized carbons (Fsp3) is 0.833. The predicted octanol–water partition coefficient (Wildman–Crippen LogP) is -1.61. The molecule has 0 aromatic rings. The molecule has 0 bridgehead atoms. The van der Waals surface area contributed by atoms with Crippen molar-refractivity contribution in [2.45, 2.75) is 25.7 Å². The molecule has 2 heteroatoms. The Kier molecular flexibility index (Phi) is 4.29. The second kappa shape index (κ2) is 3.61. The minimum atomic E-state index is 0. The SMILES string of the molecule is C1CC2CC[C-]12.[I-].[Mg+2]. The third kappa shape index (κ3) is 1.32. The van der Waals surface area contributed by atoms with Crippen LogP contribution in [0.15, 0.2) is 0 Å². The molecule has 0 aromatic carbocycles. The first-order valence-electron chi connectivity index (χ1n) is 2.81. The van der Waals surface area contributed by atoms with Crippen LogP contribution in [0.1, 0.15) is 25.7 Å². The van der Waals surface area contributed by atoms with Gasteiger partial charge in [-0.25, -0.2) is 0 Å². The van der Waals surface area contributed by atoms with Gasteiger partial charge in [-0.2, -0.15) is 18.8 Å². The first-order chi connectivity index (χ1) is 2.97. The molecular weight excluding hydrogens is 223 g/mol. The number of hydrogen-bond donors (Lipinski definition) is 0. The van der Waals surface area contributed by atoms with Gasteiger partial charge < -0.3 is 29.9 Å². The summed E-state index contributed by atoms with van der Waals surface area (Å²) >= 11 is 0. The van der Waals surface area contributed by atoms with Gasteiger partial charge in [0.1, 0.15) is 0 Å². The van der Waals surface area contributed by atoms with Gasteiger partial charge in [-0.3, -0.25) is 0 Å². The van der Waals surface area contributed by atoms with Crippen molar-refractivity contribution in [3.63, 3.8) is 0 Å². The Morgan fingerprint density at radius 1 is 1.12 bits per heavy atom. The van der Waals surface area contributed by atoms with E-state index in [4.69, 9.17) is 0 Å². The monoisotopic (exact) mass is 232 g/mol. The molecule has 0 N–H and O–H groups in total. The van der Waals surface area contributed by atoms with Gasteiger partial charge in [0.2, 0.25) is 0 Å². The molecule has 42 valence electrons. The number of hydrogen-bond acceptors (Lipinski definition) is 0. The van der Waals surface area contributed by atoms with E-state index in [2.05, 4.69) is 0 Å². The molecule has 2 saturated carbocycles. The van der Waals surface area contributed by atoms with Crippen molar-refractivity contribution in [3.8, 4) is 0 Å². The topological polar surface area (TPSA) is 0 Å². The van der Waals surface area contributed by atoms with E-state index in [1.807, 2.05) is 5.92 Å². The van der Waals surface area contributed by atoms with Crippen LogP contribution in [-0.4, -0.2) is 23.1 Å². The van der Waals surface area contributed by atoms with Crippen LogP contribution < -0.4 is 24.0 Å². The van der Waals surface area contributed by atoms with E-state index < -0.39 is 0 Å². The molecule has 0 atom stereocenters. The summed E-state index contributed by atoms with van der Waals surface area (Å²) in [5.74, 6) is 3.00. The summed E-state index contributed by atoms with van der Waals surface area (Å²) in [4.78, 5) is 0. The Balaban J connectivity index is 0.000000245. The van der Waals surface area contributed by atoms with Gasteiger partial charge in [-0.15, -0.1) is 12.8 Å². The third-order valence-corrected chi connectivity index (χ3v) is 2.21. The molecule has 2 rings (SSSR count). The second-order valence-corrected chi connectivity index (χ2v) is 2.43. The smallest absolute Gasteiger partial charge is 1.00 e. The van der Waals surface area contributed by atoms with E-state index in [-0.39, 0.29) is 47.0 Å². The third-order valence-electron chi connectivity index (χ3n) is 2.21. The number of fused-ring (bicyclic) bond motifs is 1. The Bertz CT molecular complexity index is 56.9. The molecule has 0 amide bonds. The zero-order valence-electron chi connectivity index (χ0n) is 4.99. The molecule has 8 heavy (non-hydrogen) atoms. The standard InChI is InChI=1S/C6H9.HI.Mg/c1-2-6-4-3-5(1)6;;/h5H,1-4H2;1H;/q-1;;+2/p-1. The van der Waals surface area contributed by atoms with Crippen molar-refractivity contribution in [3.05, 3.63) is 5.92 Å². The van der Waals surface area contributed by atoms with Crippen LogP contribution in [-0.2, 0) is 0 Å². The van der Waals surface area contributed by atoms with E-state index in [0.717, 1.165) is 5.92 Å². The summed E-state index contributed by atoms with van der Waals surface area (Å²) < 4.78 is 0. The van der Waals surface area contributed by atoms with Gasteiger partial charge in [0.15, 0.2) is 0 Å². The van der Waals surface area contributed by atoms with E-state index in [9.17, 15) is 0 Å². The van der Waals surface area contributed by atoms with Crippen LogP contribution in [0.3, 0.4) is 0 Å². The molecule has 0 unspecified atom stereocenters. The number of rotatable bonds is 0. The molecule has 0 nitrogen and oxygen atoms in total. The molecule has 0 aliphatic heterocycles. The molecule has 2 aliphatic rings. The Labute approximate surface area is 84.0 Å². The number of halogens is 1. The zero-order valence-corrected chi connectivity index (χ0v) is 8.56. The summed E-state index contributed by atoms with van der Waals surface area (Å²) in [6.45, 7) is 0. The van der Waals surface area contributed by atoms with Crippen molar-refractivity contribution < 1.29 is 24.0 Å². The molecule has 0 spiro atoms. The van der Waals surface area contributed by atoms with Crippen LogP contribution in [0.5, 0.6) is 0 Å². The summed E-state index contributed by atoms with van der Waals surface area (Å²) in [5.41, 5.74) is 0. The average molecular weight is 232 g/mol. The van der Waals surface area contributed by atoms with Crippen molar-refractivity contribution in [1.29, 1.82) is 0 Å². The first kappa shape index (κ1) is 9.50. The molecule has 0 saturated heterocycles. The molecule has 2 fully saturated rings. The van der Waals surface area contributed by atoms with Crippen LogP contribution in [0.25, 0.3) is 0 Å². The minimum Gasteiger partial charge on any atom is -1.00 e. The quantitative estimate of drug-likeness (QED) is 0.268. The molecule has 0 radical (unpaired) electrons. The average Bonchev–Trinajstić information content (AvgIpc) is 1.54. The maximum atomic E-state index is 1.87. The fourth-order valence-corrected chi connectivity index (χ4v) is 1.37. The molecule has 0 aromatic heterocycles. The Hall–Kier alpha value is 1.50. The van der Waals surface area contributed by atoms with Crippen LogP contribution in [0.4, 0.5) is 0 Å². The van der Waals surface area contributed by atoms with E-state index in [1.165, 1.54) is 25.7 Å². The summed E-state index contributed by atoms with van der Waals surface area (Å²) in [5, 5.41) is 0. The van der Waals surface area contributed by atoms with Crippen LogP contribution >= 0.6 is 0 Å². The van der Waals surface area contributed by atoms with Crippen LogP contribution in [0.2, 0.25) is 0 Å². The maximum absolute atomic E-state index is 1.87. The van der Waals surface area contributed by atoms with E-state index >= 15 is 0 Å². The minimum absolute atomic E-state index is 0. The van der Waals surface area contributed by atoms with E-state index in [1.54, 1.807) is 0 Å². The van der Waals surface area contributed by atoms with Crippen molar-refractivity contribution >= 4 is 23.1 Å². The molecular formula is C6H9IMg. The van der Waals surface area contributed by atoms with Gasteiger partial charge in [-0.05, 0) is 0 Å². The van der Waals surface area contributed by atoms with E-state index in [0.29, 0.717) is 0 Å². The van der Waals surface area contributed by atoms with Crippen molar-refractivity contribution in [1.82, 2.24) is 0 Å². The van der Waals surface area contributed by atoms with Gasteiger partial charge in [0, 0.05) is 0 Å². The van der Waals surface area contributed by atoms with Gasteiger partial charge in [-0.1, -0.05) is 0 Å². The maximum Gasteiger partial charge on any atom is 2.00 e. The zero-order chi connectivity index (χ0) is 3.98. The summed E-state index contributed by atoms with van der Waals surface area (Å²) in [7, 11) is 0. The van der Waals surface area contributed by atoms with Crippen molar-refractivity contribution in [2.24, 2.45) is 5.92 Å². The molecule has 0 heterocycles. The Morgan fingerprint density at radius 3 is 1.50 bits per heavy atom. The van der Waals surface area contributed by atoms with Crippen molar-refractivity contribution in [2.75, 3.05) is 0 Å². The van der Waals surface area contributed by atoms with Gasteiger partial charge in [0.05, 0.1) is 0 Å².